The molecule has 4 rings (SSSR count). The van der Waals surface area contributed by atoms with Gasteiger partial charge in [-0.05, 0) is 36.4 Å². The quantitative estimate of drug-likeness (QED) is 0.727. The number of fused-ring (bicyclic) bond motifs is 1. The van der Waals surface area contributed by atoms with Crippen molar-refractivity contribution in [3.63, 3.8) is 0 Å². The molecule has 3 heterocycles. The van der Waals surface area contributed by atoms with Crippen LogP contribution in [0.5, 0.6) is 0 Å². The van der Waals surface area contributed by atoms with Crippen LogP contribution in [0.1, 0.15) is 40.1 Å². The van der Waals surface area contributed by atoms with Crippen molar-refractivity contribution in [2.75, 3.05) is 19.6 Å². The van der Waals surface area contributed by atoms with Gasteiger partial charge in [0.25, 0.3) is 11.8 Å². The van der Waals surface area contributed by atoms with Crippen molar-refractivity contribution in [3.05, 3.63) is 51.7 Å². The average Bonchev–Trinajstić information content (AvgIpc) is 3.23. The number of amides is 1. The van der Waals surface area contributed by atoms with Crippen molar-refractivity contribution < 1.29 is 22.0 Å². The van der Waals surface area contributed by atoms with Gasteiger partial charge in [0.1, 0.15) is 9.77 Å². The molecule has 0 radical (unpaired) electrons. The number of hydrogen-bond donors (Lipinski definition) is 2. The van der Waals surface area contributed by atoms with E-state index in [-0.39, 0.29) is 33.5 Å². The molecule has 1 atom stereocenters. The molecule has 10 heteroatoms. The maximum Gasteiger partial charge on any atom is 0.287 e. The first-order chi connectivity index (χ1) is 14.3. The predicted molar refractivity (Wildman–Crippen MR) is 110 cm³/mol. The zero-order chi connectivity index (χ0) is 21.4. The number of rotatable bonds is 5. The Labute approximate surface area is 178 Å². The molecule has 0 spiro atoms. The van der Waals surface area contributed by atoms with E-state index in [1.807, 2.05) is 0 Å². The summed E-state index contributed by atoms with van der Waals surface area (Å²) in [7, 11) is -4.26. The Morgan fingerprint density at radius 3 is 2.83 bits per heavy atom. The topological polar surface area (TPSA) is 78.5 Å². The number of piperidine rings is 1. The summed E-state index contributed by atoms with van der Waals surface area (Å²) >= 11 is 0.995. The minimum atomic E-state index is -4.26. The number of nitrogens with zero attached hydrogens (tertiary/aromatic N) is 1. The maximum atomic E-state index is 14.6. The first kappa shape index (κ1) is 21.4. The molecule has 1 aromatic heterocycles. The fourth-order valence-corrected chi connectivity index (χ4v) is 6.67. The summed E-state index contributed by atoms with van der Waals surface area (Å²) in [6.45, 7) is 0.182. The van der Waals surface area contributed by atoms with Gasteiger partial charge in [0, 0.05) is 24.7 Å². The van der Waals surface area contributed by atoms with Crippen molar-refractivity contribution in [2.24, 2.45) is 0 Å². The number of carbonyl (C=O) groups is 1. The van der Waals surface area contributed by atoms with Gasteiger partial charge in [-0.1, -0.05) is 30.7 Å². The van der Waals surface area contributed by atoms with Gasteiger partial charge in [-0.2, -0.15) is 13.1 Å². The van der Waals surface area contributed by atoms with Gasteiger partial charge >= 0.3 is 0 Å². The van der Waals surface area contributed by atoms with Crippen LogP contribution in [0.15, 0.2) is 40.6 Å². The minimum Gasteiger partial charge on any atom is -0.350 e. The zero-order valence-corrected chi connectivity index (χ0v) is 17.9. The van der Waals surface area contributed by atoms with E-state index in [0.717, 1.165) is 41.4 Å². The van der Waals surface area contributed by atoms with Crippen molar-refractivity contribution in [1.82, 2.24) is 14.9 Å². The van der Waals surface area contributed by atoms with Crippen molar-refractivity contribution in [1.29, 1.82) is 0 Å². The van der Waals surface area contributed by atoms with Crippen LogP contribution in [-0.4, -0.2) is 44.3 Å². The third-order valence-electron chi connectivity index (χ3n) is 5.51. The molecule has 0 bridgehead atoms. The van der Waals surface area contributed by atoms with E-state index in [0.29, 0.717) is 6.54 Å². The van der Waals surface area contributed by atoms with Crippen LogP contribution < -0.4 is 10.6 Å². The molecule has 2 N–H and O–H groups in total. The van der Waals surface area contributed by atoms with Crippen molar-refractivity contribution in [3.8, 4) is 0 Å². The van der Waals surface area contributed by atoms with Crippen molar-refractivity contribution in [2.45, 2.75) is 42.7 Å². The number of carbonyl (C=O) groups excluding carboxylic acids is 1. The van der Waals surface area contributed by atoms with E-state index >= 15 is 0 Å². The van der Waals surface area contributed by atoms with Gasteiger partial charge in [-0.3, -0.25) is 4.79 Å². The Hall–Kier alpha value is -1.88. The molecule has 1 aromatic carbocycles. The molecule has 6 nitrogen and oxygen atoms in total. The Balaban J connectivity index is 1.54. The second-order valence-electron chi connectivity index (χ2n) is 7.61. The molecular formula is C20H23F2N3O3S2. The number of halogens is 2. The second kappa shape index (κ2) is 8.33. The van der Waals surface area contributed by atoms with Crippen LogP contribution in [0.2, 0.25) is 0 Å². The lowest BCUT2D eigenvalue weighted by molar-refractivity contribution is -0.0320. The molecule has 30 heavy (non-hydrogen) atoms. The highest BCUT2D eigenvalue weighted by atomic mass is 32.2. The van der Waals surface area contributed by atoms with Crippen molar-refractivity contribution >= 4 is 27.3 Å². The lowest BCUT2D eigenvalue weighted by Crippen LogP contribution is -2.45. The van der Waals surface area contributed by atoms with E-state index in [1.54, 1.807) is 6.07 Å². The van der Waals surface area contributed by atoms with Gasteiger partial charge in [-0.15, -0.1) is 11.3 Å². The first-order valence-electron chi connectivity index (χ1n) is 9.84. The summed E-state index contributed by atoms with van der Waals surface area (Å²) < 4.78 is 56.4. The molecule has 1 amide bonds. The van der Waals surface area contributed by atoms with Crippen LogP contribution in [0.4, 0.5) is 8.78 Å². The molecule has 1 saturated heterocycles. The van der Waals surface area contributed by atoms with Gasteiger partial charge < -0.3 is 10.6 Å². The Morgan fingerprint density at radius 2 is 2.07 bits per heavy atom. The number of sulfonamides is 1. The highest BCUT2D eigenvalue weighted by Crippen LogP contribution is 2.39. The zero-order valence-electron chi connectivity index (χ0n) is 16.2. The van der Waals surface area contributed by atoms with E-state index in [2.05, 4.69) is 10.6 Å². The van der Waals surface area contributed by atoms with E-state index in [1.165, 1.54) is 29.6 Å². The molecule has 1 fully saturated rings. The molecule has 2 aliphatic heterocycles. The summed E-state index contributed by atoms with van der Waals surface area (Å²) in [5, 5.41) is 7.59. The van der Waals surface area contributed by atoms with Crippen LogP contribution in [0, 0.1) is 0 Å². The third kappa shape index (κ3) is 4.14. The summed E-state index contributed by atoms with van der Waals surface area (Å²) in [5.41, 5.74) is 0.113. The highest BCUT2D eigenvalue weighted by Gasteiger charge is 2.45. The SMILES string of the molecule is O=C(NC[C@H]1CCCCN1)c1sccc1S(=O)(=O)N1Cc2ccccc2C(F)(F)C1. The Morgan fingerprint density at radius 1 is 1.27 bits per heavy atom. The number of alkyl halides is 2. The van der Waals surface area contributed by atoms with E-state index in [4.69, 9.17) is 0 Å². The summed E-state index contributed by atoms with van der Waals surface area (Å²) in [4.78, 5) is 12.5. The highest BCUT2D eigenvalue weighted by molar-refractivity contribution is 7.89. The number of thiophene rings is 1. The fourth-order valence-electron chi connectivity index (χ4n) is 3.94. The van der Waals surface area contributed by atoms with E-state index < -0.39 is 28.4 Å². The Bertz CT molecular complexity index is 1030. The molecule has 2 aliphatic rings. The largest absolute Gasteiger partial charge is 0.350 e. The lowest BCUT2D eigenvalue weighted by Gasteiger charge is -2.33. The number of hydrogen-bond acceptors (Lipinski definition) is 5. The normalized spacial score (nSPS) is 21.7. The molecule has 2 aromatic rings. The van der Waals surface area contributed by atoms with Crippen LogP contribution >= 0.6 is 11.3 Å². The third-order valence-corrected chi connectivity index (χ3v) is 8.38. The van der Waals surface area contributed by atoms with Gasteiger partial charge in [0.2, 0.25) is 10.0 Å². The minimum absolute atomic E-state index is 0.0213. The fraction of sp³-hybridized carbons (Fsp3) is 0.450. The molecular weight excluding hydrogens is 432 g/mol. The van der Waals surface area contributed by atoms with Crippen LogP contribution in [0.3, 0.4) is 0 Å². The average molecular weight is 456 g/mol. The number of nitrogens with one attached hydrogen (secondary N) is 2. The molecule has 0 saturated carbocycles. The summed E-state index contributed by atoms with van der Waals surface area (Å²) in [6.07, 6.45) is 3.12. The summed E-state index contributed by atoms with van der Waals surface area (Å²) in [5.74, 6) is -3.80. The first-order valence-corrected chi connectivity index (χ1v) is 12.2. The van der Waals surface area contributed by atoms with Crippen LogP contribution in [-0.2, 0) is 22.5 Å². The van der Waals surface area contributed by atoms with Gasteiger partial charge in [-0.25, -0.2) is 8.42 Å². The van der Waals surface area contributed by atoms with Gasteiger partial charge in [0.05, 0.1) is 6.54 Å². The summed E-state index contributed by atoms with van der Waals surface area (Å²) in [6, 6.07) is 7.41. The van der Waals surface area contributed by atoms with Gasteiger partial charge in [0.15, 0.2) is 0 Å². The standard InChI is InChI=1S/C20H23F2N3O3S2/c21-20(22)13-25(12-14-5-1-2-7-16(14)20)30(27,28)17-8-10-29-18(17)19(26)24-11-15-6-3-4-9-23-15/h1-2,5,7-8,10,15,23H,3-4,6,9,11-13H2,(H,24,26)/t15-/m1/s1. The number of benzene rings is 1. The van der Waals surface area contributed by atoms with Crippen LogP contribution in [0.25, 0.3) is 0 Å². The molecule has 0 aliphatic carbocycles. The smallest absolute Gasteiger partial charge is 0.287 e. The lowest BCUT2D eigenvalue weighted by atomic mass is 9.98. The predicted octanol–water partition coefficient (Wildman–Crippen LogP) is 2.92. The van der Waals surface area contributed by atoms with E-state index in [9.17, 15) is 22.0 Å². The molecule has 0 unspecified atom stereocenters. The Kier molecular flexibility index (Phi) is 5.93. The maximum absolute atomic E-state index is 14.6. The molecule has 162 valence electrons. The monoisotopic (exact) mass is 455 g/mol. The second-order valence-corrected chi connectivity index (χ2v) is 10.4.